The van der Waals surface area contributed by atoms with E-state index in [1.165, 1.54) is 11.1 Å². The van der Waals surface area contributed by atoms with Gasteiger partial charge in [-0.1, -0.05) is 120 Å². The molecule has 0 spiro atoms. The molecule has 0 fully saturated rings. The second kappa shape index (κ2) is 11.8. The Labute approximate surface area is 267 Å². The third-order valence-corrected chi connectivity index (χ3v) is 8.32. The molecule has 0 amide bonds. The van der Waals surface area contributed by atoms with E-state index in [-0.39, 0.29) is 16.6 Å². The number of pyridine rings is 2. The number of phenols is 1. The first kappa shape index (κ1) is 30.0. The van der Waals surface area contributed by atoms with Gasteiger partial charge in [0.05, 0.1) is 17.1 Å². The number of nitrogens with zero attached hydrogens (tertiary/aromatic N) is 2. The molecule has 224 valence electrons. The molecule has 2 heterocycles. The smallest absolute Gasteiger partial charge is 0.124 e. The Morgan fingerprint density at radius 1 is 0.444 bits per heavy atom. The van der Waals surface area contributed by atoms with Crippen molar-refractivity contribution < 1.29 is 5.11 Å². The molecule has 0 saturated carbocycles. The van der Waals surface area contributed by atoms with E-state index < -0.39 is 0 Å². The van der Waals surface area contributed by atoms with E-state index in [1.807, 2.05) is 36.5 Å². The second-order valence-electron chi connectivity index (χ2n) is 13.8. The minimum Gasteiger partial charge on any atom is -0.507 e. The number of hydrogen-bond acceptors (Lipinski definition) is 3. The van der Waals surface area contributed by atoms with Crippen LogP contribution in [0.25, 0.3) is 56.0 Å². The Morgan fingerprint density at radius 2 is 1.00 bits per heavy atom. The largest absolute Gasteiger partial charge is 0.507 e. The van der Waals surface area contributed by atoms with Crippen molar-refractivity contribution >= 4 is 0 Å². The van der Waals surface area contributed by atoms with Gasteiger partial charge in [0.1, 0.15) is 5.75 Å². The number of para-hydroxylation sites is 1. The van der Waals surface area contributed by atoms with Crippen molar-refractivity contribution in [1.29, 1.82) is 0 Å². The van der Waals surface area contributed by atoms with Crippen molar-refractivity contribution in [1.82, 2.24) is 9.97 Å². The van der Waals surface area contributed by atoms with Crippen LogP contribution in [0.15, 0.2) is 128 Å². The Balaban J connectivity index is 1.52. The third kappa shape index (κ3) is 6.58. The summed E-state index contributed by atoms with van der Waals surface area (Å²) in [5, 5.41) is 10.9. The van der Waals surface area contributed by atoms with E-state index in [0.717, 1.165) is 50.5 Å². The van der Waals surface area contributed by atoms with Crippen molar-refractivity contribution in [3.05, 3.63) is 139 Å². The summed E-state index contributed by atoms with van der Waals surface area (Å²) in [4.78, 5) is 9.85. The van der Waals surface area contributed by atoms with Crippen LogP contribution in [0.4, 0.5) is 0 Å². The Bertz CT molecular complexity index is 1950. The van der Waals surface area contributed by atoms with Crippen molar-refractivity contribution in [2.45, 2.75) is 52.4 Å². The molecule has 0 aliphatic heterocycles. The zero-order valence-electron chi connectivity index (χ0n) is 27.0. The molecule has 3 nitrogen and oxygen atoms in total. The molecular weight excluding hydrogens is 548 g/mol. The van der Waals surface area contributed by atoms with Gasteiger partial charge in [-0.15, -0.1) is 0 Å². The van der Waals surface area contributed by atoms with Gasteiger partial charge in [-0.05, 0) is 86.7 Å². The lowest BCUT2D eigenvalue weighted by Crippen LogP contribution is -2.16. The first-order valence-corrected chi connectivity index (χ1v) is 15.5. The summed E-state index contributed by atoms with van der Waals surface area (Å²) >= 11 is 0. The molecular formula is C42H40N2O. The van der Waals surface area contributed by atoms with Crippen molar-refractivity contribution in [3.8, 4) is 61.8 Å². The summed E-state index contributed by atoms with van der Waals surface area (Å²) in [6.07, 6.45) is 1.87. The summed E-state index contributed by atoms with van der Waals surface area (Å²) in [6, 6.07) is 41.6. The zero-order valence-corrected chi connectivity index (χ0v) is 27.0. The topological polar surface area (TPSA) is 46.0 Å². The highest BCUT2D eigenvalue weighted by Gasteiger charge is 2.22. The fourth-order valence-corrected chi connectivity index (χ4v) is 5.57. The van der Waals surface area contributed by atoms with Crippen LogP contribution >= 0.6 is 0 Å². The van der Waals surface area contributed by atoms with Crippen LogP contribution in [0.1, 0.15) is 52.7 Å². The lowest BCUT2D eigenvalue weighted by molar-refractivity contribution is 0.477. The fraction of sp³-hybridized carbons (Fsp3) is 0.190. The molecule has 0 aliphatic carbocycles. The zero-order chi connectivity index (χ0) is 31.8. The van der Waals surface area contributed by atoms with E-state index in [9.17, 15) is 5.11 Å². The van der Waals surface area contributed by atoms with Gasteiger partial charge in [-0.3, -0.25) is 4.98 Å². The highest BCUT2D eigenvalue weighted by molar-refractivity contribution is 5.81. The lowest BCUT2D eigenvalue weighted by Gasteiger charge is -2.26. The Morgan fingerprint density at radius 3 is 1.67 bits per heavy atom. The van der Waals surface area contributed by atoms with Gasteiger partial charge in [-0.25, -0.2) is 4.98 Å². The van der Waals surface area contributed by atoms with Gasteiger partial charge in [0.15, 0.2) is 0 Å². The average molecular weight is 589 g/mol. The van der Waals surface area contributed by atoms with Gasteiger partial charge in [0, 0.05) is 22.9 Å². The maximum absolute atomic E-state index is 10.9. The lowest BCUT2D eigenvalue weighted by atomic mass is 9.79. The molecule has 2 aromatic heterocycles. The highest BCUT2D eigenvalue weighted by Crippen LogP contribution is 2.38. The van der Waals surface area contributed by atoms with Crippen LogP contribution in [0, 0.1) is 0 Å². The minimum absolute atomic E-state index is 0.0119. The predicted octanol–water partition coefficient (Wildman–Crippen LogP) is 11.1. The molecule has 45 heavy (non-hydrogen) atoms. The first-order chi connectivity index (χ1) is 21.5. The van der Waals surface area contributed by atoms with Gasteiger partial charge in [0.25, 0.3) is 0 Å². The molecule has 4 aromatic carbocycles. The van der Waals surface area contributed by atoms with Crippen LogP contribution in [-0.4, -0.2) is 15.1 Å². The monoisotopic (exact) mass is 588 g/mol. The number of hydrogen-bond donors (Lipinski definition) is 1. The second-order valence-corrected chi connectivity index (χ2v) is 13.8. The molecule has 3 heteroatoms. The number of aromatic nitrogens is 2. The van der Waals surface area contributed by atoms with Gasteiger partial charge in [-0.2, -0.15) is 0 Å². The SMILES string of the molecule is CC(C)(C)c1cc(-c2cc(-c3cccc(-c4cc(-c5ccccc5)ccn4)c3)nc(-c3ccccc3O)c2)cc(C(C)(C)C)c1. The fourth-order valence-electron chi connectivity index (χ4n) is 5.57. The number of rotatable bonds is 5. The van der Waals surface area contributed by atoms with Crippen molar-refractivity contribution in [2.75, 3.05) is 0 Å². The average Bonchev–Trinajstić information content (AvgIpc) is 3.04. The van der Waals surface area contributed by atoms with Crippen LogP contribution in [0.2, 0.25) is 0 Å². The van der Waals surface area contributed by atoms with Crippen LogP contribution in [0.5, 0.6) is 5.75 Å². The third-order valence-electron chi connectivity index (χ3n) is 8.32. The standard InChI is InChI=1S/C42H40N2O/c1-41(2,3)34-22-32(23-35(27-34)42(4,5)6)33-25-38(44-39(26-33)36-17-10-11-18-40(36)45)31-16-12-15-30(21-31)37-24-29(19-20-43-37)28-13-8-7-9-14-28/h7-27,45H,1-6H3. The normalized spacial score (nSPS) is 11.9. The molecule has 0 aliphatic rings. The predicted molar refractivity (Wildman–Crippen MR) is 188 cm³/mol. The quantitative estimate of drug-likeness (QED) is 0.218. The van der Waals surface area contributed by atoms with E-state index in [2.05, 4.69) is 126 Å². The maximum atomic E-state index is 10.9. The van der Waals surface area contributed by atoms with Gasteiger partial charge < -0.3 is 5.11 Å². The van der Waals surface area contributed by atoms with Crippen LogP contribution < -0.4 is 0 Å². The van der Waals surface area contributed by atoms with E-state index in [1.54, 1.807) is 6.07 Å². The summed E-state index contributed by atoms with van der Waals surface area (Å²) in [6.45, 7) is 13.6. The van der Waals surface area contributed by atoms with Crippen molar-refractivity contribution in [3.63, 3.8) is 0 Å². The molecule has 1 N–H and O–H groups in total. The van der Waals surface area contributed by atoms with Gasteiger partial charge >= 0.3 is 0 Å². The summed E-state index contributed by atoms with van der Waals surface area (Å²) in [5.74, 6) is 0.211. The number of benzene rings is 4. The Kier molecular flexibility index (Phi) is 7.88. The summed E-state index contributed by atoms with van der Waals surface area (Å²) in [7, 11) is 0. The highest BCUT2D eigenvalue weighted by atomic mass is 16.3. The van der Waals surface area contributed by atoms with Crippen LogP contribution in [-0.2, 0) is 10.8 Å². The number of phenolic OH excluding ortho intramolecular Hbond substituents is 1. The molecule has 0 unspecified atom stereocenters. The first-order valence-electron chi connectivity index (χ1n) is 15.5. The van der Waals surface area contributed by atoms with E-state index >= 15 is 0 Å². The van der Waals surface area contributed by atoms with E-state index in [4.69, 9.17) is 9.97 Å². The Hall–Kier alpha value is -5.02. The number of aromatic hydroxyl groups is 1. The summed E-state index contributed by atoms with van der Waals surface area (Å²) < 4.78 is 0. The molecule has 0 saturated heterocycles. The molecule has 6 aromatic rings. The maximum Gasteiger partial charge on any atom is 0.124 e. The van der Waals surface area contributed by atoms with E-state index in [0.29, 0.717) is 5.56 Å². The molecule has 0 atom stereocenters. The molecule has 0 bridgehead atoms. The van der Waals surface area contributed by atoms with Gasteiger partial charge in [0.2, 0.25) is 0 Å². The minimum atomic E-state index is -0.0119. The summed E-state index contributed by atoms with van der Waals surface area (Å²) in [5.41, 5.74) is 12.2. The molecule has 0 radical (unpaired) electrons. The van der Waals surface area contributed by atoms with Crippen molar-refractivity contribution in [2.24, 2.45) is 0 Å². The van der Waals surface area contributed by atoms with Crippen LogP contribution in [0.3, 0.4) is 0 Å². The molecule has 6 rings (SSSR count).